The molecule has 3 N–H and O–H groups in total. The minimum Gasteiger partial charge on any atom is -0.308 e. The van der Waals surface area contributed by atoms with E-state index in [0.717, 1.165) is 17.0 Å². The largest absolute Gasteiger partial charge is 0.308 e. The molecule has 1 aromatic heterocycles. The van der Waals surface area contributed by atoms with Crippen LogP contribution in [0, 0.1) is 13.8 Å². The van der Waals surface area contributed by atoms with Gasteiger partial charge in [-0.25, -0.2) is 5.84 Å². The van der Waals surface area contributed by atoms with Gasteiger partial charge in [0.05, 0.1) is 11.3 Å². The summed E-state index contributed by atoms with van der Waals surface area (Å²) in [5, 5.41) is 4.33. The van der Waals surface area contributed by atoms with Crippen LogP contribution in [0.15, 0.2) is 4.99 Å². The minimum atomic E-state index is 0.204. The number of nitrogens with two attached hydrogens (primary N) is 1. The van der Waals surface area contributed by atoms with Gasteiger partial charge in [0.15, 0.2) is 0 Å². The van der Waals surface area contributed by atoms with Gasteiger partial charge in [0.1, 0.15) is 5.84 Å². The van der Waals surface area contributed by atoms with Crippen molar-refractivity contribution in [1.82, 2.24) is 15.2 Å². The molecule has 0 spiro atoms. The molecule has 5 nitrogen and oxygen atoms in total. The summed E-state index contributed by atoms with van der Waals surface area (Å²) in [4.78, 5) is 4.43. The maximum Gasteiger partial charge on any atom is 0.146 e. The standard InChI is InChI=1S/C10H19N5/c1-6(2)12-10(13-11)9-7(3)14-15(5)8(9)4/h6H,11H2,1-5H3,(H,12,13). The van der Waals surface area contributed by atoms with Crippen LogP contribution < -0.4 is 11.3 Å². The van der Waals surface area contributed by atoms with Crippen molar-refractivity contribution in [2.24, 2.45) is 17.9 Å². The topological polar surface area (TPSA) is 68.2 Å². The Morgan fingerprint density at radius 1 is 1.47 bits per heavy atom. The molecule has 15 heavy (non-hydrogen) atoms. The molecule has 0 aromatic carbocycles. The summed E-state index contributed by atoms with van der Waals surface area (Å²) in [6.45, 7) is 7.98. The first-order chi connectivity index (χ1) is 6.97. The second-order valence-electron chi connectivity index (χ2n) is 3.89. The summed E-state index contributed by atoms with van der Waals surface area (Å²) in [6.07, 6.45) is 0. The quantitative estimate of drug-likeness (QED) is 0.325. The molecule has 1 heterocycles. The van der Waals surface area contributed by atoms with E-state index in [1.54, 1.807) is 0 Å². The lowest BCUT2D eigenvalue weighted by atomic mass is 10.2. The monoisotopic (exact) mass is 209 g/mol. The molecule has 0 radical (unpaired) electrons. The fourth-order valence-corrected chi connectivity index (χ4v) is 1.55. The molecule has 0 aliphatic rings. The lowest BCUT2D eigenvalue weighted by Gasteiger charge is -2.08. The van der Waals surface area contributed by atoms with Crippen LogP contribution in [0.4, 0.5) is 0 Å². The molecule has 0 atom stereocenters. The van der Waals surface area contributed by atoms with Crippen molar-refractivity contribution < 1.29 is 0 Å². The molecule has 0 fully saturated rings. The van der Waals surface area contributed by atoms with E-state index in [-0.39, 0.29) is 6.04 Å². The molecule has 1 rings (SSSR count). The fraction of sp³-hybridized carbons (Fsp3) is 0.600. The number of aliphatic imine (C=N–C) groups is 1. The fourth-order valence-electron chi connectivity index (χ4n) is 1.55. The first kappa shape index (κ1) is 11.7. The van der Waals surface area contributed by atoms with Crippen molar-refractivity contribution in [2.45, 2.75) is 33.7 Å². The Labute approximate surface area is 90.3 Å². The van der Waals surface area contributed by atoms with Gasteiger partial charge in [-0.3, -0.25) is 9.67 Å². The Hall–Kier alpha value is -1.36. The Bertz CT molecular complexity index is 375. The summed E-state index contributed by atoms with van der Waals surface area (Å²) in [6, 6.07) is 0.204. The molecule has 1 aromatic rings. The third kappa shape index (κ3) is 2.36. The van der Waals surface area contributed by atoms with Crippen LogP contribution in [-0.2, 0) is 7.05 Å². The number of hydrogen-bond acceptors (Lipinski definition) is 3. The average Bonchev–Trinajstić information content (AvgIpc) is 2.38. The summed E-state index contributed by atoms with van der Waals surface area (Å²) in [7, 11) is 1.91. The summed E-state index contributed by atoms with van der Waals surface area (Å²) < 4.78 is 1.83. The molecule has 0 saturated carbocycles. The predicted molar refractivity (Wildman–Crippen MR) is 61.7 cm³/mol. The second-order valence-corrected chi connectivity index (χ2v) is 3.89. The molecule has 0 unspecified atom stereocenters. The molecular formula is C10H19N5. The van der Waals surface area contributed by atoms with Crippen LogP contribution >= 0.6 is 0 Å². The van der Waals surface area contributed by atoms with Crippen LogP contribution in [0.1, 0.15) is 30.8 Å². The number of nitrogens with zero attached hydrogens (tertiary/aromatic N) is 3. The smallest absolute Gasteiger partial charge is 0.146 e. The van der Waals surface area contributed by atoms with E-state index >= 15 is 0 Å². The van der Waals surface area contributed by atoms with Crippen molar-refractivity contribution in [3.8, 4) is 0 Å². The zero-order valence-electron chi connectivity index (χ0n) is 10.00. The van der Waals surface area contributed by atoms with E-state index in [1.165, 1.54) is 0 Å². The van der Waals surface area contributed by atoms with Crippen LogP contribution in [-0.4, -0.2) is 21.7 Å². The van der Waals surface area contributed by atoms with E-state index in [0.29, 0.717) is 5.84 Å². The molecule has 0 amide bonds. The lowest BCUT2D eigenvalue weighted by molar-refractivity contribution is 0.731. The zero-order chi connectivity index (χ0) is 11.6. The Balaban J connectivity index is 3.24. The first-order valence-corrected chi connectivity index (χ1v) is 5.02. The van der Waals surface area contributed by atoms with Gasteiger partial charge in [-0.2, -0.15) is 5.10 Å². The van der Waals surface area contributed by atoms with Crippen LogP contribution in [0.3, 0.4) is 0 Å². The van der Waals surface area contributed by atoms with Crippen molar-refractivity contribution in [1.29, 1.82) is 0 Å². The van der Waals surface area contributed by atoms with Gasteiger partial charge in [-0.15, -0.1) is 0 Å². The molecule has 0 aliphatic carbocycles. The third-order valence-corrected chi connectivity index (χ3v) is 2.27. The maximum atomic E-state index is 5.48. The van der Waals surface area contributed by atoms with Crippen molar-refractivity contribution in [3.05, 3.63) is 17.0 Å². The second kappa shape index (κ2) is 4.44. The number of aromatic nitrogens is 2. The highest BCUT2D eigenvalue weighted by atomic mass is 15.3. The van der Waals surface area contributed by atoms with Crippen molar-refractivity contribution in [2.75, 3.05) is 0 Å². The van der Waals surface area contributed by atoms with Gasteiger partial charge in [-0.05, 0) is 27.7 Å². The normalized spacial score (nSPS) is 12.3. The third-order valence-electron chi connectivity index (χ3n) is 2.27. The molecular weight excluding hydrogens is 190 g/mol. The molecule has 0 aliphatic heterocycles. The van der Waals surface area contributed by atoms with Gasteiger partial charge in [-0.1, -0.05) is 0 Å². The zero-order valence-corrected chi connectivity index (χ0v) is 10.00. The van der Waals surface area contributed by atoms with E-state index in [1.807, 2.05) is 39.4 Å². The molecule has 0 saturated heterocycles. The molecule has 0 bridgehead atoms. The van der Waals surface area contributed by atoms with Gasteiger partial charge in [0.2, 0.25) is 0 Å². The van der Waals surface area contributed by atoms with E-state index in [2.05, 4.69) is 15.5 Å². The number of aryl methyl sites for hydroxylation is 2. The highest BCUT2D eigenvalue weighted by Crippen LogP contribution is 2.12. The van der Waals surface area contributed by atoms with Crippen LogP contribution in [0.25, 0.3) is 0 Å². The highest BCUT2D eigenvalue weighted by molar-refractivity contribution is 6.00. The SMILES string of the molecule is Cc1nn(C)c(C)c1C(=NC(C)C)NN. The van der Waals surface area contributed by atoms with Crippen LogP contribution in [0.2, 0.25) is 0 Å². The maximum absolute atomic E-state index is 5.48. The summed E-state index contributed by atoms with van der Waals surface area (Å²) >= 11 is 0. The van der Waals surface area contributed by atoms with E-state index in [9.17, 15) is 0 Å². The first-order valence-electron chi connectivity index (χ1n) is 5.02. The molecule has 84 valence electrons. The minimum absolute atomic E-state index is 0.204. The highest BCUT2D eigenvalue weighted by Gasteiger charge is 2.14. The Kier molecular flexibility index (Phi) is 3.47. The number of hydrogen-bond donors (Lipinski definition) is 2. The number of hydrazine groups is 1. The van der Waals surface area contributed by atoms with Crippen LogP contribution in [0.5, 0.6) is 0 Å². The van der Waals surface area contributed by atoms with E-state index < -0.39 is 0 Å². The van der Waals surface area contributed by atoms with Gasteiger partial charge < -0.3 is 5.43 Å². The number of rotatable bonds is 2. The summed E-state index contributed by atoms with van der Waals surface area (Å²) in [5.41, 5.74) is 5.63. The average molecular weight is 209 g/mol. The van der Waals surface area contributed by atoms with Gasteiger partial charge in [0.25, 0.3) is 0 Å². The number of amidine groups is 1. The molecule has 5 heteroatoms. The predicted octanol–water partition coefficient (Wildman–Crippen LogP) is 0.655. The van der Waals surface area contributed by atoms with Gasteiger partial charge >= 0.3 is 0 Å². The van der Waals surface area contributed by atoms with Crippen molar-refractivity contribution in [3.63, 3.8) is 0 Å². The number of nitrogens with one attached hydrogen (secondary N) is 1. The Morgan fingerprint density at radius 2 is 2.07 bits per heavy atom. The lowest BCUT2D eigenvalue weighted by Crippen LogP contribution is -2.32. The van der Waals surface area contributed by atoms with Crippen molar-refractivity contribution >= 4 is 5.84 Å². The van der Waals surface area contributed by atoms with E-state index in [4.69, 9.17) is 5.84 Å². The Morgan fingerprint density at radius 3 is 2.40 bits per heavy atom. The summed E-state index contributed by atoms with van der Waals surface area (Å²) in [5.74, 6) is 6.18. The van der Waals surface area contributed by atoms with Gasteiger partial charge in [0, 0.05) is 18.8 Å².